The fourth-order valence-corrected chi connectivity index (χ4v) is 9.32. The summed E-state index contributed by atoms with van der Waals surface area (Å²) in [6, 6.07) is 0. The highest BCUT2D eigenvalue weighted by Gasteiger charge is 2.63. The molecule has 1 nitrogen and oxygen atoms in total. The van der Waals surface area contributed by atoms with Crippen LogP contribution in [-0.2, 0) is 0 Å². The molecule has 0 aromatic rings. The first-order chi connectivity index (χ1) is 13.6. The zero-order chi connectivity index (χ0) is 21.0. The van der Waals surface area contributed by atoms with E-state index in [4.69, 9.17) is 0 Å². The average Bonchev–Trinajstić information content (AvgIpc) is 3.00. The number of fused-ring (bicyclic) bond motifs is 5. The van der Waals surface area contributed by atoms with E-state index in [2.05, 4.69) is 47.6 Å². The molecule has 0 aromatic carbocycles. The second-order valence-electron chi connectivity index (χ2n) is 12.9. The Morgan fingerprint density at radius 2 is 1.69 bits per heavy atom. The predicted molar refractivity (Wildman–Crippen MR) is 124 cm³/mol. The molecule has 4 aliphatic rings. The van der Waals surface area contributed by atoms with E-state index in [1.165, 1.54) is 57.8 Å². The summed E-state index contributed by atoms with van der Waals surface area (Å²) in [5.74, 6) is 4.40. The van der Waals surface area contributed by atoms with E-state index >= 15 is 0 Å². The maximum atomic E-state index is 10.3. The maximum absolute atomic E-state index is 10.3. The summed E-state index contributed by atoms with van der Waals surface area (Å²) in [5, 5.41) is 10.3. The lowest BCUT2D eigenvalue weighted by Gasteiger charge is -2.63. The minimum atomic E-state index is -0.0879. The van der Waals surface area contributed by atoms with Gasteiger partial charge in [-0.05, 0) is 97.2 Å². The van der Waals surface area contributed by atoms with E-state index in [0.717, 1.165) is 42.4 Å². The molecule has 4 rings (SSSR count). The van der Waals surface area contributed by atoms with Gasteiger partial charge in [0.25, 0.3) is 0 Å². The fourth-order valence-electron chi connectivity index (χ4n) is 9.32. The minimum Gasteiger partial charge on any atom is -0.393 e. The normalized spacial score (nSPS) is 47.9. The molecule has 0 heterocycles. The standard InChI is InChI=1S/C28H48O/c1-19(2)8-7-9-20(3)23-10-11-24-27(23,5)17-14-25-26(4)16-13-22(29)18-21(26)12-15-28(24,25)6/h12,19-20,22-25,29H,7-11,13-18H2,1-6H3/t20-,22?,23-,24-,25-,26?,27?,28?/m1/s1. The van der Waals surface area contributed by atoms with Crippen molar-refractivity contribution in [1.82, 2.24) is 0 Å². The molecular formula is C28H48O. The SMILES string of the molecule is CC(C)CCC[C@@H](C)[C@H]1CC[C@@H]2C1(C)CC[C@@H]1C3(C)CCC(O)CC3=CCC21C. The predicted octanol–water partition coefficient (Wildman–Crippen LogP) is 7.78. The molecule has 3 fully saturated rings. The van der Waals surface area contributed by atoms with Crippen molar-refractivity contribution in [1.29, 1.82) is 0 Å². The fraction of sp³-hybridized carbons (Fsp3) is 0.929. The summed E-state index contributed by atoms with van der Waals surface area (Å²) >= 11 is 0. The summed E-state index contributed by atoms with van der Waals surface area (Å²) in [6.45, 7) is 15.3. The van der Waals surface area contributed by atoms with E-state index in [1.54, 1.807) is 5.57 Å². The van der Waals surface area contributed by atoms with Gasteiger partial charge in [-0.2, -0.15) is 0 Å². The summed E-state index contributed by atoms with van der Waals surface area (Å²) in [7, 11) is 0. The maximum Gasteiger partial charge on any atom is 0.0577 e. The van der Waals surface area contributed by atoms with Crippen LogP contribution in [0.3, 0.4) is 0 Å². The van der Waals surface area contributed by atoms with Gasteiger partial charge in [-0.3, -0.25) is 0 Å². The second kappa shape index (κ2) is 7.68. The van der Waals surface area contributed by atoms with Gasteiger partial charge in [-0.1, -0.05) is 72.5 Å². The summed E-state index contributed by atoms with van der Waals surface area (Å²) in [4.78, 5) is 0. The largest absolute Gasteiger partial charge is 0.393 e. The molecule has 1 heteroatoms. The third-order valence-corrected chi connectivity index (χ3v) is 10.8. The molecule has 0 bridgehead atoms. The Hall–Kier alpha value is -0.300. The van der Waals surface area contributed by atoms with Crippen LogP contribution in [0, 0.1) is 45.8 Å². The highest BCUT2D eigenvalue weighted by atomic mass is 16.3. The third-order valence-electron chi connectivity index (χ3n) is 10.8. The molecule has 3 saturated carbocycles. The molecule has 0 saturated heterocycles. The number of aliphatic hydroxyl groups excluding tert-OH is 1. The Labute approximate surface area is 181 Å². The van der Waals surface area contributed by atoms with Crippen molar-refractivity contribution in [2.24, 2.45) is 45.8 Å². The molecule has 0 aliphatic heterocycles. The molecule has 166 valence electrons. The van der Waals surface area contributed by atoms with Gasteiger partial charge in [0.2, 0.25) is 0 Å². The van der Waals surface area contributed by atoms with Crippen molar-refractivity contribution in [2.45, 2.75) is 118 Å². The van der Waals surface area contributed by atoms with E-state index in [1.807, 2.05) is 0 Å². The van der Waals surface area contributed by atoms with Crippen LogP contribution in [0.25, 0.3) is 0 Å². The van der Waals surface area contributed by atoms with E-state index < -0.39 is 0 Å². The Bertz CT molecular complexity index is 634. The first-order valence-corrected chi connectivity index (χ1v) is 13.0. The summed E-state index contributed by atoms with van der Waals surface area (Å²) < 4.78 is 0. The van der Waals surface area contributed by atoms with Crippen molar-refractivity contribution < 1.29 is 5.11 Å². The molecule has 4 unspecified atom stereocenters. The lowest BCUT2D eigenvalue weighted by atomic mass is 9.41. The molecule has 0 spiro atoms. The smallest absolute Gasteiger partial charge is 0.0577 e. The number of rotatable bonds is 5. The van der Waals surface area contributed by atoms with Gasteiger partial charge < -0.3 is 5.11 Å². The first kappa shape index (κ1) is 21.9. The minimum absolute atomic E-state index is 0.0879. The molecule has 1 N–H and O–H groups in total. The van der Waals surface area contributed by atoms with Crippen molar-refractivity contribution in [3.63, 3.8) is 0 Å². The Kier molecular flexibility index (Phi) is 5.81. The highest BCUT2D eigenvalue weighted by Crippen LogP contribution is 2.71. The highest BCUT2D eigenvalue weighted by molar-refractivity contribution is 5.28. The van der Waals surface area contributed by atoms with Crippen LogP contribution < -0.4 is 0 Å². The Balaban J connectivity index is 1.55. The summed E-state index contributed by atoms with van der Waals surface area (Å²) in [6.07, 6.45) is 17.0. The molecular weight excluding hydrogens is 352 g/mol. The van der Waals surface area contributed by atoms with Crippen LogP contribution in [-0.4, -0.2) is 11.2 Å². The van der Waals surface area contributed by atoms with Gasteiger partial charge in [0.1, 0.15) is 0 Å². The number of hydrogen-bond donors (Lipinski definition) is 1. The van der Waals surface area contributed by atoms with Crippen LogP contribution in [0.5, 0.6) is 0 Å². The number of aliphatic hydroxyl groups is 1. The van der Waals surface area contributed by atoms with Crippen LogP contribution in [0.1, 0.15) is 112 Å². The van der Waals surface area contributed by atoms with Gasteiger partial charge >= 0.3 is 0 Å². The van der Waals surface area contributed by atoms with Gasteiger partial charge in [-0.15, -0.1) is 0 Å². The zero-order valence-electron chi connectivity index (χ0n) is 20.3. The van der Waals surface area contributed by atoms with Crippen molar-refractivity contribution in [2.75, 3.05) is 0 Å². The molecule has 4 aliphatic carbocycles. The molecule has 0 amide bonds. The lowest BCUT2D eigenvalue weighted by Crippen LogP contribution is -2.56. The van der Waals surface area contributed by atoms with E-state index in [0.29, 0.717) is 16.2 Å². The van der Waals surface area contributed by atoms with Crippen molar-refractivity contribution in [3.05, 3.63) is 11.6 Å². The Morgan fingerprint density at radius 1 is 0.931 bits per heavy atom. The number of hydrogen-bond acceptors (Lipinski definition) is 1. The average molecular weight is 401 g/mol. The van der Waals surface area contributed by atoms with Gasteiger partial charge in [0, 0.05) is 0 Å². The molecule has 0 aromatic heterocycles. The third kappa shape index (κ3) is 3.46. The van der Waals surface area contributed by atoms with Gasteiger partial charge in [0.05, 0.1) is 6.10 Å². The van der Waals surface area contributed by atoms with E-state index in [-0.39, 0.29) is 6.10 Å². The second-order valence-corrected chi connectivity index (χ2v) is 12.9. The quantitative estimate of drug-likeness (QED) is 0.467. The van der Waals surface area contributed by atoms with Crippen LogP contribution >= 0.6 is 0 Å². The van der Waals surface area contributed by atoms with Crippen LogP contribution in [0.4, 0.5) is 0 Å². The van der Waals surface area contributed by atoms with Crippen LogP contribution in [0.15, 0.2) is 11.6 Å². The van der Waals surface area contributed by atoms with Crippen molar-refractivity contribution in [3.8, 4) is 0 Å². The topological polar surface area (TPSA) is 20.2 Å². The van der Waals surface area contributed by atoms with E-state index in [9.17, 15) is 5.11 Å². The monoisotopic (exact) mass is 400 g/mol. The van der Waals surface area contributed by atoms with Crippen molar-refractivity contribution >= 4 is 0 Å². The first-order valence-electron chi connectivity index (χ1n) is 13.0. The Morgan fingerprint density at radius 3 is 2.41 bits per heavy atom. The summed E-state index contributed by atoms with van der Waals surface area (Å²) in [5.41, 5.74) is 2.99. The lowest BCUT2D eigenvalue weighted by molar-refractivity contribution is -0.114. The molecule has 8 atom stereocenters. The van der Waals surface area contributed by atoms with Gasteiger partial charge in [0.15, 0.2) is 0 Å². The van der Waals surface area contributed by atoms with Gasteiger partial charge in [-0.25, -0.2) is 0 Å². The zero-order valence-corrected chi connectivity index (χ0v) is 20.3. The molecule has 29 heavy (non-hydrogen) atoms. The molecule has 0 radical (unpaired) electrons. The number of allylic oxidation sites excluding steroid dienone is 1. The van der Waals surface area contributed by atoms with Crippen LogP contribution in [0.2, 0.25) is 0 Å².